The maximum atomic E-state index is 14.7. The van der Waals surface area contributed by atoms with Gasteiger partial charge in [-0.1, -0.05) is 68.4 Å². The summed E-state index contributed by atoms with van der Waals surface area (Å²) in [7, 11) is -5.64. The molecule has 0 fully saturated rings. The maximum Gasteiger partial charge on any atom is 0.296 e. The smallest absolute Gasteiger partial charge is 0.258 e. The predicted octanol–water partition coefficient (Wildman–Crippen LogP) is 6.07. The van der Waals surface area contributed by atoms with Crippen LogP contribution in [0, 0.1) is 43.5 Å². The highest BCUT2D eigenvalue weighted by Gasteiger charge is 2.42. The van der Waals surface area contributed by atoms with E-state index < -0.39 is 94.1 Å². The normalized spacial score (nSPS) is 11.6. The first-order chi connectivity index (χ1) is 14.2. The van der Waals surface area contributed by atoms with Gasteiger partial charge in [-0.05, 0) is 0 Å². The van der Waals surface area contributed by atoms with E-state index in [2.05, 4.69) is 0 Å². The molecule has 0 aliphatic carbocycles. The fraction of sp³-hybridized carbons (Fsp3) is 0.143. The SMILES string of the molecule is O=[N+]([O-])c1c(Cl)c(F)c(F)c(S(=O)(=O)c2c(F)c(F)c(Cl)c([N+](=O)[O-])c2CI)c1CI. The summed E-state index contributed by atoms with van der Waals surface area (Å²) in [4.78, 5) is 16.7. The van der Waals surface area contributed by atoms with Crippen LogP contribution in [0.4, 0.5) is 28.9 Å². The molecule has 0 heterocycles. The first kappa shape index (κ1) is 26.2. The Morgan fingerprint density at radius 2 is 1.03 bits per heavy atom. The van der Waals surface area contributed by atoms with Crippen LogP contribution in [0.3, 0.4) is 0 Å². The van der Waals surface area contributed by atoms with E-state index in [1.807, 2.05) is 0 Å². The lowest BCUT2D eigenvalue weighted by molar-refractivity contribution is -0.385. The van der Waals surface area contributed by atoms with Crippen LogP contribution in [0.15, 0.2) is 9.79 Å². The van der Waals surface area contributed by atoms with Crippen molar-refractivity contribution in [3.05, 3.63) is 64.7 Å². The van der Waals surface area contributed by atoms with Crippen molar-refractivity contribution in [3.8, 4) is 0 Å². The molecule has 2 aromatic carbocycles. The van der Waals surface area contributed by atoms with Crippen molar-refractivity contribution in [1.29, 1.82) is 0 Å². The molecule has 0 saturated heterocycles. The summed E-state index contributed by atoms with van der Waals surface area (Å²) >= 11 is 13.7. The summed E-state index contributed by atoms with van der Waals surface area (Å²) in [6.07, 6.45) is 0. The molecule has 168 valence electrons. The van der Waals surface area contributed by atoms with Gasteiger partial charge in [0.15, 0.2) is 33.3 Å². The van der Waals surface area contributed by atoms with Gasteiger partial charge in [-0.15, -0.1) is 0 Å². The number of halogens is 8. The first-order valence-electron chi connectivity index (χ1n) is 7.29. The average molecular weight is 729 g/mol. The van der Waals surface area contributed by atoms with Crippen LogP contribution < -0.4 is 0 Å². The Bertz CT molecular complexity index is 1170. The average Bonchev–Trinajstić information content (AvgIpc) is 2.68. The van der Waals surface area contributed by atoms with Gasteiger partial charge in [0.2, 0.25) is 9.84 Å². The minimum atomic E-state index is -5.64. The molecule has 0 unspecified atom stereocenters. The lowest BCUT2D eigenvalue weighted by Gasteiger charge is -2.16. The Morgan fingerprint density at radius 3 is 1.26 bits per heavy atom. The lowest BCUT2D eigenvalue weighted by Crippen LogP contribution is -2.17. The van der Waals surface area contributed by atoms with Crippen LogP contribution in [0.25, 0.3) is 0 Å². The molecule has 0 radical (unpaired) electrons. The number of benzene rings is 2. The van der Waals surface area contributed by atoms with Crippen LogP contribution >= 0.6 is 68.4 Å². The molecule has 31 heavy (non-hydrogen) atoms. The van der Waals surface area contributed by atoms with Crippen molar-refractivity contribution in [2.45, 2.75) is 18.6 Å². The fourth-order valence-electron chi connectivity index (χ4n) is 2.64. The van der Waals surface area contributed by atoms with Gasteiger partial charge < -0.3 is 0 Å². The third-order valence-electron chi connectivity index (χ3n) is 3.88. The Kier molecular flexibility index (Phi) is 7.98. The van der Waals surface area contributed by atoms with Crippen molar-refractivity contribution in [1.82, 2.24) is 0 Å². The van der Waals surface area contributed by atoms with Crippen LogP contribution in [0.5, 0.6) is 0 Å². The second kappa shape index (κ2) is 9.44. The van der Waals surface area contributed by atoms with Gasteiger partial charge in [0.25, 0.3) is 11.4 Å². The van der Waals surface area contributed by atoms with Gasteiger partial charge in [-0.2, -0.15) is 0 Å². The summed E-state index contributed by atoms with van der Waals surface area (Å²) in [5, 5.41) is 19.9. The number of sulfone groups is 1. The van der Waals surface area contributed by atoms with Crippen molar-refractivity contribution in [2.24, 2.45) is 0 Å². The Hall–Kier alpha value is -1.05. The van der Waals surface area contributed by atoms with E-state index in [9.17, 15) is 46.2 Å². The molecule has 2 rings (SSSR count). The number of rotatable bonds is 6. The molecular formula is C14H4Cl2F4I2N2O6S. The molecule has 0 N–H and O–H groups in total. The van der Waals surface area contributed by atoms with Gasteiger partial charge in [-0.25, -0.2) is 26.0 Å². The van der Waals surface area contributed by atoms with E-state index in [-0.39, 0.29) is 0 Å². The zero-order chi connectivity index (χ0) is 24.0. The van der Waals surface area contributed by atoms with E-state index in [4.69, 9.17) is 23.2 Å². The molecule has 0 aromatic heterocycles. The maximum absolute atomic E-state index is 14.7. The molecule has 0 spiro atoms. The number of nitro groups is 2. The Labute approximate surface area is 207 Å². The largest absolute Gasteiger partial charge is 0.296 e. The third kappa shape index (κ3) is 4.18. The van der Waals surface area contributed by atoms with Crippen LogP contribution in [0.2, 0.25) is 10.0 Å². The zero-order valence-electron chi connectivity index (χ0n) is 14.2. The lowest BCUT2D eigenvalue weighted by atomic mass is 10.2. The quantitative estimate of drug-likeness (QED) is 0.0890. The van der Waals surface area contributed by atoms with E-state index in [1.54, 1.807) is 0 Å². The highest BCUT2D eigenvalue weighted by atomic mass is 127. The molecule has 17 heteroatoms. The van der Waals surface area contributed by atoms with Crippen LogP contribution in [0.1, 0.15) is 11.1 Å². The molecule has 0 amide bonds. The van der Waals surface area contributed by atoms with Crippen LogP contribution in [-0.2, 0) is 18.7 Å². The van der Waals surface area contributed by atoms with Crippen molar-refractivity contribution in [2.75, 3.05) is 0 Å². The number of nitro benzene ring substituents is 2. The molecular weight excluding hydrogens is 725 g/mol. The van der Waals surface area contributed by atoms with Gasteiger partial charge in [0.05, 0.1) is 21.0 Å². The number of alkyl halides is 2. The predicted molar refractivity (Wildman–Crippen MR) is 117 cm³/mol. The Morgan fingerprint density at radius 1 is 0.742 bits per heavy atom. The number of hydrogen-bond acceptors (Lipinski definition) is 6. The van der Waals surface area contributed by atoms with Gasteiger partial charge in [-0.3, -0.25) is 20.2 Å². The standard InChI is InChI=1S/C14H4Cl2F4I2N2O6S/c15-5-7(17)9(19)13(3(1-21)11(5)23(25)26)31(29,30)14-4(2-22)12(24(27)28)6(16)8(18)10(14)20/h1-2H2. The highest BCUT2D eigenvalue weighted by molar-refractivity contribution is 14.1. The molecule has 0 aliphatic rings. The second-order valence-corrected chi connectivity index (χ2v) is 9.59. The topological polar surface area (TPSA) is 120 Å². The molecule has 0 bridgehead atoms. The first-order valence-corrected chi connectivity index (χ1v) is 12.6. The van der Waals surface area contributed by atoms with Gasteiger partial charge in [0, 0.05) is 8.86 Å². The van der Waals surface area contributed by atoms with E-state index in [0.717, 1.165) is 0 Å². The summed E-state index contributed by atoms with van der Waals surface area (Å²) in [6.45, 7) is 0. The minimum Gasteiger partial charge on any atom is -0.258 e. The Balaban J connectivity index is 3.20. The molecule has 0 aliphatic heterocycles. The zero-order valence-corrected chi connectivity index (χ0v) is 20.8. The number of nitrogens with zero attached hydrogens (tertiary/aromatic N) is 2. The summed E-state index contributed by atoms with van der Waals surface area (Å²) in [6, 6.07) is 0. The van der Waals surface area contributed by atoms with E-state index in [1.165, 1.54) is 45.2 Å². The minimum absolute atomic E-state index is 0.626. The van der Waals surface area contributed by atoms with Gasteiger partial charge >= 0.3 is 0 Å². The van der Waals surface area contributed by atoms with Crippen LogP contribution in [-0.4, -0.2) is 18.3 Å². The number of hydrogen-bond donors (Lipinski definition) is 0. The molecule has 8 nitrogen and oxygen atoms in total. The van der Waals surface area contributed by atoms with Crippen molar-refractivity contribution >= 4 is 89.6 Å². The van der Waals surface area contributed by atoms with Crippen molar-refractivity contribution in [3.63, 3.8) is 0 Å². The molecule has 2 aromatic rings. The summed E-state index contributed by atoms with van der Waals surface area (Å²) in [5.74, 6) is -8.64. The third-order valence-corrected chi connectivity index (χ3v) is 8.02. The second-order valence-electron chi connectivity index (χ2n) is 5.48. The molecule has 0 saturated carbocycles. The highest BCUT2D eigenvalue weighted by Crippen LogP contribution is 2.45. The summed E-state index contributed by atoms with van der Waals surface area (Å²) < 4.78 is 82.9. The van der Waals surface area contributed by atoms with Crippen molar-refractivity contribution < 1.29 is 35.8 Å². The monoisotopic (exact) mass is 728 g/mol. The van der Waals surface area contributed by atoms with Gasteiger partial charge in [0.1, 0.15) is 9.79 Å². The van der Waals surface area contributed by atoms with E-state index in [0.29, 0.717) is 0 Å². The fourth-order valence-corrected chi connectivity index (χ4v) is 7.01. The summed E-state index contributed by atoms with van der Waals surface area (Å²) in [5.41, 5.74) is -4.53. The molecule has 0 atom stereocenters. The van der Waals surface area contributed by atoms with E-state index >= 15 is 0 Å².